The number of carbonyl (C=O) groups is 1. The molecule has 0 unspecified atom stereocenters. The van der Waals surface area contributed by atoms with E-state index in [9.17, 15) is 9.18 Å². The van der Waals surface area contributed by atoms with Crippen LogP contribution in [0.5, 0.6) is 17.4 Å². The first-order valence-electron chi connectivity index (χ1n) is 9.99. The first-order chi connectivity index (χ1) is 16.0. The van der Waals surface area contributed by atoms with Gasteiger partial charge in [0.2, 0.25) is 5.88 Å². The van der Waals surface area contributed by atoms with Gasteiger partial charge in [-0.2, -0.15) is 9.97 Å². The average molecular weight is 452 g/mol. The van der Waals surface area contributed by atoms with Crippen LogP contribution in [0.1, 0.15) is 11.4 Å². The van der Waals surface area contributed by atoms with E-state index in [1.54, 1.807) is 51.5 Å². The topological polar surface area (TPSA) is 109 Å². The fourth-order valence-corrected chi connectivity index (χ4v) is 3.24. The van der Waals surface area contributed by atoms with E-state index < -0.39 is 5.82 Å². The summed E-state index contributed by atoms with van der Waals surface area (Å²) in [6, 6.07) is 11.2. The largest absolute Gasteiger partial charge is 0.497 e. The first-order valence-corrected chi connectivity index (χ1v) is 9.99. The number of fused-ring (bicyclic) bond motifs is 1. The van der Waals surface area contributed by atoms with E-state index in [4.69, 9.17) is 18.7 Å². The third-order valence-electron chi connectivity index (χ3n) is 4.82. The number of hydrogen-bond donors (Lipinski definition) is 1. The van der Waals surface area contributed by atoms with Gasteiger partial charge in [-0.05, 0) is 31.2 Å². The highest BCUT2D eigenvalue weighted by Crippen LogP contribution is 2.33. The molecule has 2 aromatic heterocycles. The van der Waals surface area contributed by atoms with Crippen molar-refractivity contribution in [3.8, 4) is 28.6 Å². The Morgan fingerprint density at radius 1 is 1.12 bits per heavy atom. The molecule has 0 aliphatic carbocycles. The van der Waals surface area contributed by atoms with Crippen molar-refractivity contribution in [1.29, 1.82) is 0 Å². The molecule has 0 aliphatic rings. The number of aromatic nitrogens is 3. The molecule has 170 valence electrons. The number of amides is 1. The van der Waals surface area contributed by atoms with Crippen molar-refractivity contribution in [2.45, 2.75) is 13.5 Å². The van der Waals surface area contributed by atoms with Crippen molar-refractivity contribution in [3.63, 3.8) is 0 Å². The number of benzene rings is 2. The van der Waals surface area contributed by atoms with Gasteiger partial charge in [-0.3, -0.25) is 4.79 Å². The Morgan fingerprint density at radius 2 is 1.97 bits per heavy atom. The van der Waals surface area contributed by atoms with Crippen molar-refractivity contribution >= 4 is 17.0 Å². The molecule has 2 aromatic carbocycles. The molecule has 9 nitrogen and oxygen atoms in total. The lowest BCUT2D eigenvalue weighted by Gasteiger charge is -2.12. The number of nitrogens with one attached hydrogen (secondary N) is 1. The van der Waals surface area contributed by atoms with E-state index in [1.807, 2.05) is 0 Å². The predicted octanol–water partition coefficient (Wildman–Crippen LogP) is 3.44. The van der Waals surface area contributed by atoms with Gasteiger partial charge in [-0.25, -0.2) is 4.39 Å². The molecule has 2 heterocycles. The molecular weight excluding hydrogens is 431 g/mol. The number of carbonyl (C=O) groups excluding carboxylic acids is 1. The van der Waals surface area contributed by atoms with Crippen molar-refractivity contribution < 1.29 is 27.9 Å². The number of hydrogen-bond acceptors (Lipinski definition) is 8. The highest BCUT2D eigenvalue weighted by atomic mass is 19.1. The Hall–Kier alpha value is -4.21. The summed E-state index contributed by atoms with van der Waals surface area (Å²) >= 11 is 0. The summed E-state index contributed by atoms with van der Waals surface area (Å²) in [5.41, 5.74) is 1.75. The quantitative estimate of drug-likeness (QED) is 0.433. The van der Waals surface area contributed by atoms with Gasteiger partial charge in [0.15, 0.2) is 6.61 Å². The van der Waals surface area contributed by atoms with Crippen LogP contribution in [0.3, 0.4) is 0 Å². The second kappa shape index (κ2) is 9.51. The van der Waals surface area contributed by atoms with Crippen molar-refractivity contribution in [2.75, 3.05) is 20.8 Å². The van der Waals surface area contributed by atoms with E-state index in [2.05, 4.69) is 20.4 Å². The van der Waals surface area contributed by atoms with Crippen LogP contribution < -0.4 is 19.5 Å². The van der Waals surface area contributed by atoms with Gasteiger partial charge < -0.3 is 24.1 Å². The minimum Gasteiger partial charge on any atom is -0.497 e. The Morgan fingerprint density at radius 3 is 2.73 bits per heavy atom. The number of aryl methyl sites for hydroxylation is 1. The van der Waals surface area contributed by atoms with Gasteiger partial charge in [-0.15, -0.1) is 0 Å². The number of halogens is 1. The van der Waals surface area contributed by atoms with Crippen molar-refractivity contribution in [3.05, 3.63) is 59.7 Å². The maximum absolute atomic E-state index is 13.7. The first kappa shape index (κ1) is 22.0. The van der Waals surface area contributed by atoms with Gasteiger partial charge in [-0.1, -0.05) is 17.3 Å². The molecule has 0 bridgehead atoms. The smallest absolute Gasteiger partial charge is 0.265 e. The number of ether oxygens (including phenoxy) is 3. The summed E-state index contributed by atoms with van der Waals surface area (Å²) in [5, 5.41) is 7.13. The molecule has 0 saturated carbocycles. The third kappa shape index (κ3) is 4.84. The number of rotatable bonds is 8. The van der Waals surface area contributed by atoms with E-state index in [-0.39, 0.29) is 30.7 Å². The highest BCUT2D eigenvalue weighted by Gasteiger charge is 2.20. The maximum Gasteiger partial charge on any atom is 0.265 e. The van der Waals surface area contributed by atoms with Crippen LogP contribution in [0.4, 0.5) is 4.39 Å². The fourth-order valence-electron chi connectivity index (χ4n) is 3.24. The molecule has 33 heavy (non-hydrogen) atoms. The molecule has 1 amide bonds. The third-order valence-corrected chi connectivity index (χ3v) is 4.82. The van der Waals surface area contributed by atoms with Crippen LogP contribution in [0.2, 0.25) is 0 Å². The normalized spacial score (nSPS) is 10.8. The summed E-state index contributed by atoms with van der Waals surface area (Å²) in [5.74, 6) is 0.940. The molecule has 0 saturated heterocycles. The monoisotopic (exact) mass is 452 g/mol. The van der Waals surface area contributed by atoms with E-state index in [0.717, 1.165) is 5.56 Å². The lowest BCUT2D eigenvalue weighted by atomic mass is 10.1. The van der Waals surface area contributed by atoms with Gasteiger partial charge in [0.1, 0.15) is 34.2 Å². The van der Waals surface area contributed by atoms with Gasteiger partial charge in [0, 0.05) is 23.7 Å². The van der Waals surface area contributed by atoms with Crippen LogP contribution >= 0.6 is 0 Å². The zero-order valence-electron chi connectivity index (χ0n) is 18.2. The molecule has 10 heteroatoms. The molecular formula is C23H21FN4O5. The lowest BCUT2D eigenvalue weighted by Crippen LogP contribution is -2.28. The second-order valence-corrected chi connectivity index (χ2v) is 7.04. The Labute approximate surface area is 188 Å². The van der Waals surface area contributed by atoms with E-state index in [0.29, 0.717) is 34.0 Å². The summed E-state index contributed by atoms with van der Waals surface area (Å²) < 4.78 is 35.2. The highest BCUT2D eigenvalue weighted by molar-refractivity contribution is 5.93. The lowest BCUT2D eigenvalue weighted by molar-refractivity contribution is -0.123. The molecule has 4 rings (SSSR count). The van der Waals surface area contributed by atoms with Gasteiger partial charge >= 0.3 is 0 Å². The molecule has 0 atom stereocenters. The Balaban J connectivity index is 1.50. The minimum atomic E-state index is -0.424. The number of nitrogens with zero attached hydrogens (tertiary/aromatic N) is 3. The SMILES string of the molecule is COc1ccc(CNC(=O)COc2nc(C)nc3onc(-c4cccc(F)c4)c23)c(OC)c1. The van der Waals surface area contributed by atoms with E-state index in [1.165, 1.54) is 12.1 Å². The molecule has 1 N–H and O–H groups in total. The van der Waals surface area contributed by atoms with Gasteiger partial charge in [0.05, 0.1) is 14.2 Å². The fraction of sp³-hybridized carbons (Fsp3) is 0.217. The van der Waals surface area contributed by atoms with Gasteiger partial charge in [0.25, 0.3) is 11.6 Å². The molecule has 0 fully saturated rings. The van der Waals surface area contributed by atoms with Crippen LogP contribution in [-0.4, -0.2) is 41.9 Å². The summed E-state index contributed by atoms with van der Waals surface area (Å²) in [6.07, 6.45) is 0. The second-order valence-electron chi connectivity index (χ2n) is 7.04. The zero-order valence-corrected chi connectivity index (χ0v) is 18.2. The summed E-state index contributed by atoms with van der Waals surface area (Å²) in [6.45, 7) is 1.58. The van der Waals surface area contributed by atoms with Crippen LogP contribution in [0, 0.1) is 12.7 Å². The molecule has 0 spiro atoms. The Kier molecular flexibility index (Phi) is 6.34. The molecule has 0 aliphatic heterocycles. The van der Waals surface area contributed by atoms with Crippen molar-refractivity contribution in [1.82, 2.24) is 20.4 Å². The molecule has 0 radical (unpaired) electrons. The zero-order chi connectivity index (χ0) is 23.4. The van der Waals surface area contributed by atoms with Crippen LogP contribution in [0.15, 0.2) is 47.0 Å². The summed E-state index contributed by atoms with van der Waals surface area (Å²) in [4.78, 5) is 20.9. The predicted molar refractivity (Wildman–Crippen MR) is 117 cm³/mol. The van der Waals surface area contributed by atoms with Crippen molar-refractivity contribution in [2.24, 2.45) is 0 Å². The van der Waals surface area contributed by atoms with Crippen LogP contribution in [-0.2, 0) is 11.3 Å². The number of methoxy groups -OCH3 is 2. The average Bonchev–Trinajstić information content (AvgIpc) is 3.25. The van der Waals surface area contributed by atoms with E-state index >= 15 is 0 Å². The maximum atomic E-state index is 13.7. The Bertz CT molecular complexity index is 1310. The standard InChI is InChI=1S/C23H21FN4O5/c1-13-26-22(20-21(28-33-23(20)27-13)14-5-4-6-16(24)9-14)32-12-19(29)25-11-15-7-8-17(30-2)10-18(15)31-3/h4-10H,11-12H2,1-3H3,(H,25,29). The minimum absolute atomic E-state index is 0.121. The summed E-state index contributed by atoms with van der Waals surface area (Å²) in [7, 11) is 3.11. The van der Waals surface area contributed by atoms with Crippen LogP contribution in [0.25, 0.3) is 22.4 Å². The molecule has 4 aromatic rings.